The van der Waals surface area contributed by atoms with E-state index >= 15 is 0 Å². The highest BCUT2D eigenvalue weighted by Crippen LogP contribution is 2.25. The van der Waals surface area contributed by atoms with Crippen molar-refractivity contribution >= 4 is 21.8 Å². The zero-order valence-electron chi connectivity index (χ0n) is 21.8. The van der Waals surface area contributed by atoms with E-state index < -0.39 is 16.1 Å². The normalized spacial score (nSPS) is 12.1. The number of rotatable bonds is 14. The van der Waals surface area contributed by atoms with Crippen LogP contribution < -0.4 is 10.0 Å². The van der Waals surface area contributed by atoms with Gasteiger partial charge in [-0.05, 0) is 35.2 Å². The standard InChI is InChI=1S/C29H35N3O5S/c1-3-31-38(35,36)26-17-14-23(15-18-26)16-19-27(33)32(22-24-10-6-4-7-11-24)28(25-12-8-5-9-13-25)29(34)30-20-21-37-2/h4-15,17-18,28,31H,3,16,19-22H2,1-2H3,(H,30,34). The van der Waals surface area contributed by atoms with E-state index in [-0.39, 0.29) is 29.7 Å². The van der Waals surface area contributed by atoms with Crippen LogP contribution in [0.4, 0.5) is 0 Å². The average Bonchev–Trinajstić information content (AvgIpc) is 2.93. The lowest BCUT2D eigenvalue weighted by Gasteiger charge is -2.32. The SMILES string of the molecule is CCNS(=O)(=O)c1ccc(CCC(=O)N(Cc2ccccc2)C(C(=O)NCCOC)c2ccccc2)cc1. The Morgan fingerprint density at radius 2 is 1.53 bits per heavy atom. The maximum Gasteiger partial charge on any atom is 0.247 e. The Kier molecular flexibility index (Phi) is 11.0. The molecule has 0 saturated heterocycles. The van der Waals surface area contributed by atoms with E-state index in [9.17, 15) is 18.0 Å². The Bertz CT molecular complexity index is 1270. The first-order valence-electron chi connectivity index (χ1n) is 12.6. The van der Waals surface area contributed by atoms with Gasteiger partial charge in [-0.25, -0.2) is 13.1 Å². The number of methoxy groups -OCH3 is 1. The molecule has 0 aliphatic carbocycles. The second-order valence-corrected chi connectivity index (χ2v) is 10.5. The smallest absolute Gasteiger partial charge is 0.247 e. The second kappa shape index (κ2) is 14.4. The van der Waals surface area contributed by atoms with Crippen LogP contribution >= 0.6 is 0 Å². The molecule has 2 N–H and O–H groups in total. The van der Waals surface area contributed by atoms with Gasteiger partial charge >= 0.3 is 0 Å². The van der Waals surface area contributed by atoms with Crippen LogP contribution in [-0.2, 0) is 37.3 Å². The molecule has 0 saturated carbocycles. The van der Waals surface area contributed by atoms with E-state index in [2.05, 4.69) is 10.0 Å². The summed E-state index contributed by atoms with van der Waals surface area (Å²) in [5, 5.41) is 2.89. The average molecular weight is 538 g/mol. The molecule has 1 unspecified atom stereocenters. The van der Waals surface area contributed by atoms with Gasteiger partial charge in [0.25, 0.3) is 0 Å². The third-order valence-electron chi connectivity index (χ3n) is 5.99. The predicted octanol–water partition coefficient (Wildman–Crippen LogP) is 3.45. The molecule has 2 amide bonds. The number of ether oxygens (including phenoxy) is 1. The molecule has 0 heterocycles. The Balaban J connectivity index is 1.85. The minimum absolute atomic E-state index is 0.154. The molecular formula is C29H35N3O5S. The number of carbonyl (C=O) groups excluding carboxylic acids is 2. The fourth-order valence-electron chi connectivity index (χ4n) is 4.09. The van der Waals surface area contributed by atoms with Gasteiger partial charge in [0.2, 0.25) is 21.8 Å². The van der Waals surface area contributed by atoms with Crippen LogP contribution in [-0.4, -0.2) is 51.9 Å². The van der Waals surface area contributed by atoms with E-state index in [1.807, 2.05) is 60.7 Å². The van der Waals surface area contributed by atoms with Gasteiger partial charge in [-0.3, -0.25) is 9.59 Å². The maximum atomic E-state index is 13.7. The van der Waals surface area contributed by atoms with E-state index in [0.29, 0.717) is 31.7 Å². The van der Waals surface area contributed by atoms with Crippen LogP contribution in [0.3, 0.4) is 0 Å². The molecule has 8 nitrogen and oxygen atoms in total. The van der Waals surface area contributed by atoms with Gasteiger partial charge in [0.1, 0.15) is 6.04 Å². The molecule has 0 aliphatic heterocycles. The summed E-state index contributed by atoms with van der Waals surface area (Å²) < 4.78 is 32.0. The van der Waals surface area contributed by atoms with Gasteiger partial charge in [0.15, 0.2) is 0 Å². The summed E-state index contributed by atoms with van der Waals surface area (Å²) in [4.78, 5) is 28.9. The number of benzene rings is 3. The zero-order valence-corrected chi connectivity index (χ0v) is 22.6. The second-order valence-electron chi connectivity index (χ2n) is 8.75. The molecular weight excluding hydrogens is 502 g/mol. The highest BCUT2D eigenvalue weighted by molar-refractivity contribution is 7.89. The third-order valence-corrected chi connectivity index (χ3v) is 7.55. The predicted molar refractivity (Wildman–Crippen MR) is 147 cm³/mol. The lowest BCUT2D eigenvalue weighted by Crippen LogP contribution is -2.44. The van der Waals surface area contributed by atoms with Crippen LogP contribution in [0.1, 0.15) is 36.1 Å². The molecule has 9 heteroatoms. The van der Waals surface area contributed by atoms with E-state index in [4.69, 9.17) is 4.74 Å². The largest absolute Gasteiger partial charge is 0.383 e. The van der Waals surface area contributed by atoms with Gasteiger partial charge in [0, 0.05) is 33.2 Å². The highest BCUT2D eigenvalue weighted by atomic mass is 32.2. The molecule has 3 rings (SSSR count). The first kappa shape index (κ1) is 29.0. The fraction of sp³-hybridized carbons (Fsp3) is 0.310. The van der Waals surface area contributed by atoms with Gasteiger partial charge in [-0.15, -0.1) is 0 Å². The Morgan fingerprint density at radius 3 is 2.13 bits per heavy atom. The lowest BCUT2D eigenvalue weighted by atomic mass is 10.0. The molecule has 0 fully saturated rings. The minimum Gasteiger partial charge on any atom is -0.383 e. The monoisotopic (exact) mass is 537 g/mol. The first-order valence-corrected chi connectivity index (χ1v) is 14.1. The minimum atomic E-state index is -3.55. The quantitative estimate of drug-likeness (QED) is 0.307. The van der Waals surface area contributed by atoms with Crippen LogP contribution in [0.2, 0.25) is 0 Å². The van der Waals surface area contributed by atoms with Crippen molar-refractivity contribution < 1.29 is 22.7 Å². The molecule has 38 heavy (non-hydrogen) atoms. The number of hydrogen-bond donors (Lipinski definition) is 2. The van der Waals surface area contributed by atoms with Gasteiger partial charge < -0.3 is 15.0 Å². The number of amides is 2. The summed E-state index contributed by atoms with van der Waals surface area (Å²) in [6, 6.07) is 24.5. The van der Waals surface area contributed by atoms with E-state index in [1.54, 1.807) is 31.1 Å². The number of nitrogens with zero attached hydrogens (tertiary/aromatic N) is 1. The molecule has 0 spiro atoms. The number of nitrogens with one attached hydrogen (secondary N) is 2. The van der Waals surface area contributed by atoms with Crippen molar-refractivity contribution in [2.45, 2.75) is 37.2 Å². The van der Waals surface area contributed by atoms with E-state index in [0.717, 1.165) is 11.1 Å². The van der Waals surface area contributed by atoms with Crippen molar-refractivity contribution in [2.75, 3.05) is 26.8 Å². The van der Waals surface area contributed by atoms with Crippen molar-refractivity contribution in [3.05, 3.63) is 102 Å². The summed E-state index contributed by atoms with van der Waals surface area (Å²) >= 11 is 0. The van der Waals surface area contributed by atoms with Crippen molar-refractivity contribution in [1.82, 2.24) is 14.9 Å². The van der Waals surface area contributed by atoms with Crippen molar-refractivity contribution in [3.8, 4) is 0 Å². The van der Waals surface area contributed by atoms with Crippen molar-refractivity contribution in [3.63, 3.8) is 0 Å². The molecule has 202 valence electrons. The third kappa shape index (κ3) is 8.24. The maximum absolute atomic E-state index is 13.7. The van der Waals surface area contributed by atoms with Crippen molar-refractivity contribution in [2.24, 2.45) is 0 Å². The molecule has 0 aliphatic rings. The molecule has 0 bridgehead atoms. The first-order chi connectivity index (χ1) is 18.4. The molecule has 0 aromatic heterocycles. The number of carbonyl (C=O) groups is 2. The molecule has 1 atom stereocenters. The lowest BCUT2D eigenvalue weighted by molar-refractivity contribution is -0.141. The van der Waals surface area contributed by atoms with E-state index in [1.165, 1.54) is 12.1 Å². The molecule has 0 radical (unpaired) electrons. The summed E-state index contributed by atoms with van der Waals surface area (Å²) in [5.74, 6) is -0.468. The Hall–Kier alpha value is -3.53. The van der Waals surface area contributed by atoms with Gasteiger partial charge in [-0.1, -0.05) is 79.7 Å². The van der Waals surface area contributed by atoms with Gasteiger partial charge in [-0.2, -0.15) is 0 Å². The van der Waals surface area contributed by atoms with Crippen LogP contribution in [0.5, 0.6) is 0 Å². The summed E-state index contributed by atoms with van der Waals surface area (Å²) in [7, 11) is -1.98. The highest BCUT2D eigenvalue weighted by Gasteiger charge is 2.31. The summed E-state index contributed by atoms with van der Waals surface area (Å²) in [6.07, 6.45) is 0.555. The Labute approximate surface area is 225 Å². The Morgan fingerprint density at radius 1 is 0.895 bits per heavy atom. The fourth-order valence-corrected chi connectivity index (χ4v) is 5.13. The number of hydrogen-bond acceptors (Lipinski definition) is 5. The summed E-state index contributed by atoms with van der Waals surface area (Å²) in [6.45, 7) is 2.97. The zero-order chi connectivity index (χ0) is 27.4. The van der Waals surface area contributed by atoms with Gasteiger partial charge in [0.05, 0.1) is 11.5 Å². The molecule has 3 aromatic rings. The number of aryl methyl sites for hydroxylation is 1. The van der Waals surface area contributed by atoms with Crippen LogP contribution in [0.25, 0.3) is 0 Å². The van der Waals surface area contributed by atoms with Crippen molar-refractivity contribution in [1.29, 1.82) is 0 Å². The summed E-state index contributed by atoms with van der Waals surface area (Å²) in [5.41, 5.74) is 2.45. The van der Waals surface area contributed by atoms with Crippen LogP contribution in [0.15, 0.2) is 89.8 Å². The van der Waals surface area contributed by atoms with Crippen LogP contribution in [0, 0.1) is 0 Å². The topological polar surface area (TPSA) is 105 Å². The molecule has 3 aromatic carbocycles. The number of sulfonamides is 1.